The van der Waals surface area contributed by atoms with Crippen LogP contribution in [0, 0.1) is 0 Å². The molecule has 156 valence electrons. The van der Waals surface area contributed by atoms with Crippen LogP contribution in [0.1, 0.15) is 71.1 Å². The second-order valence-electron chi connectivity index (χ2n) is 7.32. The second kappa shape index (κ2) is 17.2. The van der Waals surface area contributed by atoms with Gasteiger partial charge in [-0.2, -0.15) is 0 Å². The Morgan fingerprint density at radius 2 is 1.29 bits per heavy atom. The van der Waals surface area contributed by atoms with Gasteiger partial charge in [0, 0.05) is 25.6 Å². The summed E-state index contributed by atoms with van der Waals surface area (Å²) < 4.78 is 0. The molecule has 28 heavy (non-hydrogen) atoms. The molecule has 1 aliphatic rings. The molecule has 0 saturated carbocycles. The number of piperidine rings is 1. The summed E-state index contributed by atoms with van der Waals surface area (Å²) in [5, 5.41) is 0. The predicted molar refractivity (Wildman–Crippen MR) is 122 cm³/mol. The van der Waals surface area contributed by atoms with Gasteiger partial charge in [-0.1, -0.05) is 67.7 Å². The van der Waals surface area contributed by atoms with E-state index in [1.807, 2.05) is 4.90 Å². The van der Waals surface area contributed by atoms with Crippen molar-refractivity contribution in [3.05, 3.63) is 60.8 Å². The number of rotatable bonds is 13. The van der Waals surface area contributed by atoms with Crippen molar-refractivity contribution in [3.8, 4) is 0 Å². The third kappa shape index (κ3) is 13.3. The molecule has 3 heteroatoms. The van der Waals surface area contributed by atoms with Crippen molar-refractivity contribution >= 4 is 5.91 Å². The maximum absolute atomic E-state index is 12.1. The quantitative estimate of drug-likeness (QED) is 0.319. The molecule has 0 spiro atoms. The number of hydrogen-bond donors (Lipinski definition) is 1. The zero-order chi connectivity index (χ0) is 20.3. The van der Waals surface area contributed by atoms with Gasteiger partial charge >= 0.3 is 0 Å². The minimum Gasteiger partial charge on any atom is -0.343 e. The van der Waals surface area contributed by atoms with Crippen LogP contribution in [-0.4, -0.2) is 29.9 Å². The molecule has 1 rings (SSSR count). The number of nitrogens with two attached hydrogens (primary N) is 1. The minimum absolute atomic E-state index is 0.283. The van der Waals surface area contributed by atoms with E-state index in [9.17, 15) is 4.79 Å². The molecule has 0 unspecified atom stereocenters. The number of amides is 1. The predicted octanol–water partition coefficient (Wildman–Crippen LogP) is 5.86. The lowest BCUT2D eigenvalue weighted by Gasteiger charge is -2.30. The topological polar surface area (TPSA) is 46.3 Å². The van der Waals surface area contributed by atoms with Crippen molar-refractivity contribution in [1.29, 1.82) is 0 Å². The van der Waals surface area contributed by atoms with Crippen molar-refractivity contribution in [2.24, 2.45) is 5.73 Å². The van der Waals surface area contributed by atoms with Crippen LogP contribution < -0.4 is 5.73 Å². The van der Waals surface area contributed by atoms with Crippen LogP contribution in [0.2, 0.25) is 0 Å². The highest BCUT2D eigenvalue weighted by molar-refractivity contribution is 5.76. The van der Waals surface area contributed by atoms with Crippen LogP contribution in [0.15, 0.2) is 60.8 Å². The molecule has 2 N–H and O–H groups in total. The summed E-state index contributed by atoms with van der Waals surface area (Å²) in [4.78, 5) is 14.1. The maximum Gasteiger partial charge on any atom is 0.222 e. The largest absolute Gasteiger partial charge is 0.343 e. The van der Waals surface area contributed by atoms with Gasteiger partial charge in [-0.25, -0.2) is 0 Å². The first-order valence-corrected chi connectivity index (χ1v) is 11.0. The number of unbranched alkanes of at least 4 members (excludes halogenated alkanes) is 1. The summed E-state index contributed by atoms with van der Waals surface area (Å²) in [5.41, 5.74) is 5.88. The Morgan fingerprint density at radius 3 is 1.79 bits per heavy atom. The van der Waals surface area contributed by atoms with Crippen LogP contribution in [0.4, 0.5) is 0 Å². The third-order valence-electron chi connectivity index (χ3n) is 4.81. The number of likely N-dealkylation sites (tertiary alicyclic amines) is 1. The van der Waals surface area contributed by atoms with Crippen LogP contribution in [-0.2, 0) is 4.79 Å². The summed E-state index contributed by atoms with van der Waals surface area (Å²) >= 11 is 0. The van der Waals surface area contributed by atoms with E-state index >= 15 is 0 Å². The lowest BCUT2D eigenvalue weighted by molar-refractivity contribution is -0.132. The Bertz CT molecular complexity index is 535. The van der Waals surface area contributed by atoms with Gasteiger partial charge in [0.15, 0.2) is 0 Å². The second-order valence-corrected chi connectivity index (χ2v) is 7.32. The van der Waals surface area contributed by atoms with E-state index in [1.165, 1.54) is 0 Å². The molecule has 1 fully saturated rings. The standard InChI is InChI=1S/C25H40N2O/c1-2-3-4-5-6-7-8-9-10-11-12-13-14-15-16-17-18-19-25(28)27-22-20-24(26)21-23-27/h3-4,6-7,9-10,12-13,15-16,24H,2,5,8,11,14,17-23,26H2,1H3. The third-order valence-corrected chi connectivity index (χ3v) is 4.81. The molecule has 0 aromatic rings. The molecule has 0 aromatic heterocycles. The zero-order valence-electron chi connectivity index (χ0n) is 17.8. The molecule has 3 nitrogen and oxygen atoms in total. The van der Waals surface area contributed by atoms with Crippen molar-refractivity contribution in [3.63, 3.8) is 0 Å². The zero-order valence-corrected chi connectivity index (χ0v) is 17.8. The molecule has 1 saturated heterocycles. The normalized spacial score (nSPS) is 16.7. The van der Waals surface area contributed by atoms with Crippen molar-refractivity contribution in [2.45, 2.75) is 77.2 Å². The number of carbonyl (C=O) groups excluding carboxylic acids is 1. The summed E-state index contributed by atoms with van der Waals surface area (Å²) in [7, 11) is 0. The van der Waals surface area contributed by atoms with E-state index in [2.05, 4.69) is 67.7 Å². The number of hydrogen-bond acceptors (Lipinski definition) is 2. The molecule has 1 aliphatic heterocycles. The van der Waals surface area contributed by atoms with E-state index < -0.39 is 0 Å². The first-order valence-electron chi connectivity index (χ1n) is 11.0. The van der Waals surface area contributed by atoms with Gasteiger partial charge in [-0.15, -0.1) is 0 Å². The monoisotopic (exact) mass is 384 g/mol. The highest BCUT2D eigenvalue weighted by Crippen LogP contribution is 2.11. The molecule has 0 atom stereocenters. The Labute approximate surface area is 172 Å². The fourth-order valence-corrected chi connectivity index (χ4v) is 3.05. The Morgan fingerprint density at radius 1 is 0.821 bits per heavy atom. The maximum atomic E-state index is 12.1. The van der Waals surface area contributed by atoms with Gasteiger partial charge in [0.2, 0.25) is 5.91 Å². The average Bonchev–Trinajstić information content (AvgIpc) is 2.70. The Kier molecular flexibility index (Phi) is 14.9. The SMILES string of the molecule is CCC=CCC=CCC=CCC=CCC=CCCCC(=O)N1CCC(N)CC1. The van der Waals surface area contributed by atoms with Crippen molar-refractivity contribution < 1.29 is 4.79 Å². The Hall–Kier alpha value is -1.87. The van der Waals surface area contributed by atoms with Crippen LogP contribution in [0.3, 0.4) is 0 Å². The highest BCUT2D eigenvalue weighted by Gasteiger charge is 2.19. The van der Waals surface area contributed by atoms with Crippen molar-refractivity contribution in [1.82, 2.24) is 4.90 Å². The van der Waals surface area contributed by atoms with Crippen LogP contribution in [0.25, 0.3) is 0 Å². The molecule has 0 aromatic carbocycles. The van der Waals surface area contributed by atoms with Gasteiger partial charge in [-0.05, 0) is 57.8 Å². The van der Waals surface area contributed by atoms with E-state index in [4.69, 9.17) is 5.73 Å². The molecule has 1 amide bonds. The minimum atomic E-state index is 0.283. The first-order chi connectivity index (χ1) is 13.7. The summed E-state index contributed by atoms with van der Waals surface area (Å²) in [6.45, 7) is 3.83. The van der Waals surface area contributed by atoms with E-state index in [0.29, 0.717) is 12.3 Å². The fourth-order valence-electron chi connectivity index (χ4n) is 3.05. The fraction of sp³-hybridized carbons (Fsp3) is 0.560. The molecular formula is C25H40N2O. The molecule has 0 radical (unpaired) electrons. The van der Waals surface area contributed by atoms with E-state index in [0.717, 1.165) is 70.9 Å². The highest BCUT2D eigenvalue weighted by atomic mass is 16.2. The molecule has 0 bridgehead atoms. The number of allylic oxidation sites excluding steroid dienone is 10. The van der Waals surface area contributed by atoms with Gasteiger partial charge < -0.3 is 10.6 Å². The molecular weight excluding hydrogens is 344 g/mol. The van der Waals surface area contributed by atoms with Crippen LogP contribution in [0.5, 0.6) is 0 Å². The summed E-state index contributed by atoms with van der Waals surface area (Å²) in [6.07, 6.45) is 31.6. The lowest BCUT2D eigenvalue weighted by atomic mass is 10.1. The summed E-state index contributed by atoms with van der Waals surface area (Å²) in [5.74, 6) is 0.291. The van der Waals surface area contributed by atoms with Gasteiger partial charge in [-0.3, -0.25) is 4.79 Å². The van der Waals surface area contributed by atoms with Crippen molar-refractivity contribution in [2.75, 3.05) is 13.1 Å². The van der Waals surface area contributed by atoms with E-state index in [-0.39, 0.29) is 6.04 Å². The van der Waals surface area contributed by atoms with Gasteiger partial charge in [0.25, 0.3) is 0 Å². The summed E-state index contributed by atoms with van der Waals surface area (Å²) in [6, 6.07) is 0.283. The van der Waals surface area contributed by atoms with Gasteiger partial charge in [0.1, 0.15) is 0 Å². The lowest BCUT2D eigenvalue weighted by Crippen LogP contribution is -2.42. The van der Waals surface area contributed by atoms with Gasteiger partial charge in [0.05, 0.1) is 0 Å². The number of nitrogens with zero attached hydrogens (tertiary/aromatic N) is 1. The Balaban J connectivity index is 1.96. The first kappa shape index (κ1) is 24.2. The molecule has 1 heterocycles. The smallest absolute Gasteiger partial charge is 0.222 e. The average molecular weight is 385 g/mol. The van der Waals surface area contributed by atoms with Crippen LogP contribution >= 0.6 is 0 Å². The number of carbonyl (C=O) groups is 1. The van der Waals surface area contributed by atoms with E-state index in [1.54, 1.807) is 0 Å². The molecule has 0 aliphatic carbocycles.